The van der Waals surface area contributed by atoms with E-state index in [0.717, 1.165) is 36.8 Å². The quantitative estimate of drug-likeness (QED) is 0.0996. The van der Waals surface area contributed by atoms with Crippen LogP contribution in [0.5, 0.6) is 0 Å². The average molecular weight is 651 g/mol. The summed E-state index contributed by atoms with van der Waals surface area (Å²) < 4.78 is 35.3. The first-order chi connectivity index (χ1) is 22.4. The van der Waals surface area contributed by atoms with Crippen LogP contribution in [0.25, 0.3) is 0 Å². The number of fused-ring (bicyclic) bond motifs is 2. The molecule has 2 amide bonds. The molecule has 12 nitrogen and oxygen atoms in total. The summed E-state index contributed by atoms with van der Waals surface area (Å²) in [6, 6.07) is 0. The largest absolute Gasteiger partial charge is 0.455 e. The number of allylic oxidation sites excluding steroid dienone is 2. The summed E-state index contributed by atoms with van der Waals surface area (Å²) in [5, 5.41) is 5.49. The molecule has 47 heavy (non-hydrogen) atoms. The number of epoxide rings is 2. The van der Waals surface area contributed by atoms with Crippen LogP contribution >= 0.6 is 0 Å². The van der Waals surface area contributed by atoms with Crippen molar-refractivity contribution in [2.45, 2.75) is 93.4 Å². The number of carbonyl (C=O) groups excluding carboxylic acids is 4. The minimum Gasteiger partial charge on any atom is -0.455 e. The maximum absolute atomic E-state index is 12.5. The molecular formula is C35H42N2O10. The molecule has 0 bridgehead atoms. The zero-order valence-corrected chi connectivity index (χ0v) is 26.9. The van der Waals surface area contributed by atoms with Gasteiger partial charge in [0.05, 0.1) is 11.2 Å². The Bertz CT molecular complexity index is 1440. The van der Waals surface area contributed by atoms with Crippen molar-refractivity contribution in [1.82, 2.24) is 10.6 Å². The topological polar surface area (TPSA) is 154 Å². The molecule has 0 aromatic rings. The molecule has 2 spiro atoms. The second kappa shape index (κ2) is 10.4. The van der Waals surface area contributed by atoms with Crippen LogP contribution in [0, 0.1) is 23.7 Å². The molecule has 6 fully saturated rings. The highest BCUT2D eigenvalue weighted by atomic mass is 16.7. The predicted octanol–water partition coefficient (Wildman–Crippen LogP) is 3.56. The van der Waals surface area contributed by atoms with E-state index in [1.165, 1.54) is 0 Å². The zero-order chi connectivity index (χ0) is 32.9. The Labute approximate surface area is 273 Å². The number of nitrogens with one attached hydrogen (secondary N) is 2. The molecule has 4 saturated heterocycles. The fourth-order valence-corrected chi connectivity index (χ4v) is 9.95. The van der Waals surface area contributed by atoms with Crippen molar-refractivity contribution >= 4 is 24.1 Å². The Hall–Kier alpha value is -3.64. The van der Waals surface area contributed by atoms with E-state index >= 15 is 0 Å². The Kier molecular flexibility index (Phi) is 6.81. The van der Waals surface area contributed by atoms with Gasteiger partial charge in [0, 0.05) is 47.9 Å². The van der Waals surface area contributed by atoms with Crippen molar-refractivity contribution in [2.75, 3.05) is 26.3 Å². The van der Waals surface area contributed by atoms with E-state index in [9.17, 15) is 19.2 Å². The molecule has 8 aliphatic rings. The van der Waals surface area contributed by atoms with Gasteiger partial charge < -0.3 is 39.1 Å². The van der Waals surface area contributed by atoms with Gasteiger partial charge in [-0.05, 0) is 69.9 Å². The van der Waals surface area contributed by atoms with Gasteiger partial charge in [0.1, 0.15) is 36.6 Å². The van der Waals surface area contributed by atoms with Crippen molar-refractivity contribution < 1.29 is 47.6 Å². The number of hydrogen-bond donors (Lipinski definition) is 2. The smallest absolute Gasteiger partial charge is 0.407 e. The number of ether oxygens (including phenoxy) is 6. The summed E-state index contributed by atoms with van der Waals surface area (Å²) >= 11 is 0. The highest BCUT2D eigenvalue weighted by molar-refractivity contribution is 5.92. The fraction of sp³-hybridized carbons (Fsp3) is 0.657. The van der Waals surface area contributed by atoms with Crippen LogP contribution in [0.3, 0.4) is 0 Å². The normalized spacial score (nSPS) is 43.3. The lowest BCUT2D eigenvalue weighted by molar-refractivity contribution is -0.142. The van der Waals surface area contributed by atoms with E-state index in [4.69, 9.17) is 28.4 Å². The average Bonchev–Trinajstić information content (AvgIpc) is 3.63. The Balaban J connectivity index is 0.766. The van der Waals surface area contributed by atoms with Crippen molar-refractivity contribution in [3.63, 3.8) is 0 Å². The lowest BCUT2D eigenvalue weighted by atomic mass is 9.80. The van der Waals surface area contributed by atoms with E-state index in [2.05, 4.69) is 49.8 Å². The molecule has 0 radical (unpaired) electrons. The summed E-state index contributed by atoms with van der Waals surface area (Å²) in [4.78, 5) is 49.4. The number of rotatable bonds is 8. The molecule has 10 atom stereocenters. The molecule has 8 rings (SSSR count). The lowest BCUT2D eigenvalue weighted by Gasteiger charge is -2.24. The van der Waals surface area contributed by atoms with Gasteiger partial charge in [0.2, 0.25) is 0 Å². The van der Waals surface area contributed by atoms with Gasteiger partial charge >= 0.3 is 24.1 Å². The van der Waals surface area contributed by atoms with Crippen molar-refractivity contribution in [3.05, 3.63) is 47.6 Å². The van der Waals surface area contributed by atoms with Crippen LogP contribution in [-0.2, 0) is 38.0 Å². The minimum atomic E-state index is -0.588. The summed E-state index contributed by atoms with van der Waals surface area (Å²) in [6.07, 6.45) is 7.53. The maximum atomic E-state index is 12.5. The van der Waals surface area contributed by atoms with Crippen LogP contribution in [0.2, 0.25) is 0 Å². The van der Waals surface area contributed by atoms with E-state index in [0.29, 0.717) is 43.5 Å². The molecule has 2 saturated carbocycles. The zero-order valence-electron chi connectivity index (χ0n) is 26.9. The van der Waals surface area contributed by atoms with Crippen LogP contribution in [-0.4, -0.2) is 85.0 Å². The number of hydrogen-bond acceptors (Lipinski definition) is 10. The van der Waals surface area contributed by atoms with E-state index in [1.54, 1.807) is 0 Å². The number of amides is 2. The number of alkyl carbamates (subject to hydrolysis) is 2. The fourth-order valence-electron chi connectivity index (χ4n) is 9.95. The molecule has 252 valence electrons. The molecule has 0 aromatic carbocycles. The highest BCUT2D eigenvalue weighted by Crippen LogP contribution is 2.70. The van der Waals surface area contributed by atoms with Crippen molar-refractivity contribution in [1.29, 1.82) is 0 Å². The summed E-state index contributed by atoms with van der Waals surface area (Å²) in [7, 11) is 0. The molecule has 2 N–H and O–H groups in total. The van der Waals surface area contributed by atoms with Gasteiger partial charge in [0.25, 0.3) is 0 Å². The van der Waals surface area contributed by atoms with Gasteiger partial charge in [-0.15, -0.1) is 0 Å². The number of carbonyl (C=O) groups is 4. The van der Waals surface area contributed by atoms with Gasteiger partial charge in [0.15, 0.2) is 0 Å². The highest BCUT2D eigenvalue weighted by Gasteiger charge is 2.82. The maximum Gasteiger partial charge on any atom is 0.407 e. The lowest BCUT2D eigenvalue weighted by Crippen LogP contribution is -2.39. The first-order valence-electron chi connectivity index (χ1n) is 16.8. The molecule has 4 heterocycles. The summed E-state index contributed by atoms with van der Waals surface area (Å²) in [5.74, 6) is -0.883. The SMILES string of the molecule is C=C1C(=O)O[C@H]2[C@H]1CC1C(COC(=O)NCCCNC(=O)OCC3=CCC[C@@]4(C)O[C@]45C3C[C@H]3C(=C)C(=O)O[C@@H]35)=CCC[C@@]3(C)O[C@@]123. The Morgan fingerprint density at radius 2 is 1.21 bits per heavy atom. The standard InChI is InChI=1S/C35H42N2O10/c1-18-22-14-24-20(8-5-10-32(3)34(24,46-32)26(22)44-28(18)38)16-42-30(40)36-12-7-13-37-31(41)43-17-21-9-6-11-33(4)35(47-33)25(21)15-23-19(2)29(39)45-27(23)35/h8-9,22-27H,1-2,5-7,10-17H2,3-4H3,(H,36,40)(H,37,41)/t22-,23-,24?,25?,26-,27-,32+,33+,34-,35-/m0/s1. The Morgan fingerprint density at radius 3 is 1.64 bits per heavy atom. The molecule has 4 aliphatic carbocycles. The second-order valence-electron chi connectivity index (χ2n) is 14.7. The third kappa shape index (κ3) is 4.32. The van der Waals surface area contributed by atoms with Gasteiger partial charge in [-0.2, -0.15) is 0 Å². The second-order valence-corrected chi connectivity index (χ2v) is 14.7. The molecule has 12 heteroatoms. The van der Waals surface area contributed by atoms with Crippen LogP contribution in [0.15, 0.2) is 47.6 Å². The summed E-state index contributed by atoms with van der Waals surface area (Å²) in [5.41, 5.74) is 1.05. The van der Waals surface area contributed by atoms with Gasteiger partial charge in [-0.3, -0.25) is 0 Å². The van der Waals surface area contributed by atoms with Crippen LogP contribution in [0.1, 0.15) is 58.8 Å². The van der Waals surface area contributed by atoms with Crippen molar-refractivity contribution in [3.8, 4) is 0 Å². The first kappa shape index (κ1) is 30.7. The predicted molar refractivity (Wildman–Crippen MR) is 164 cm³/mol. The number of esters is 2. The van der Waals surface area contributed by atoms with E-state index in [1.807, 2.05) is 0 Å². The minimum absolute atomic E-state index is 0.0104. The molecule has 4 aliphatic heterocycles. The van der Waals surface area contributed by atoms with Crippen LogP contribution < -0.4 is 10.6 Å². The van der Waals surface area contributed by atoms with Gasteiger partial charge in [-0.1, -0.05) is 25.3 Å². The van der Waals surface area contributed by atoms with Crippen LogP contribution in [0.4, 0.5) is 9.59 Å². The third-order valence-corrected chi connectivity index (χ3v) is 12.4. The molecule has 0 aromatic heterocycles. The molecular weight excluding hydrogens is 608 g/mol. The first-order valence-corrected chi connectivity index (χ1v) is 16.8. The van der Waals surface area contributed by atoms with E-state index < -0.39 is 23.4 Å². The monoisotopic (exact) mass is 650 g/mol. The Morgan fingerprint density at radius 1 is 0.787 bits per heavy atom. The summed E-state index contributed by atoms with van der Waals surface area (Å²) in [6.45, 7) is 12.9. The van der Waals surface area contributed by atoms with Crippen molar-refractivity contribution in [2.24, 2.45) is 23.7 Å². The van der Waals surface area contributed by atoms with E-state index in [-0.39, 0.29) is 72.2 Å². The molecule has 2 unspecified atom stereocenters. The van der Waals surface area contributed by atoms with Gasteiger partial charge in [-0.25, -0.2) is 19.2 Å². The third-order valence-electron chi connectivity index (χ3n) is 12.4.